The fourth-order valence-corrected chi connectivity index (χ4v) is 2.87. The standard InChI is InChI=1S/C19H15FN4O.ClH/c20-14-7-4-9-22-16(14)11-15(21)19-13(6-3-10-23-19)18-12-5-1-2-8-17(12)25-24-18;/h1-10,15H,11,21H2;1H/t15-;/m0./s1. The first-order chi connectivity index (χ1) is 12.2. The lowest BCUT2D eigenvalue weighted by Gasteiger charge is -2.14. The van der Waals surface area contributed by atoms with E-state index < -0.39 is 6.04 Å². The number of rotatable bonds is 4. The normalized spacial score (nSPS) is 11.9. The lowest BCUT2D eigenvalue weighted by atomic mass is 9.99. The summed E-state index contributed by atoms with van der Waals surface area (Å²) in [7, 11) is 0. The van der Waals surface area contributed by atoms with Crippen LogP contribution in [0, 0.1) is 5.82 Å². The van der Waals surface area contributed by atoms with Gasteiger partial charge < -0.3 is 10.3 Å². The van der Waals surface area contributed by atoms with E-state index in [9.17, 15) is 4.39 Å². The Balaban J connectivity index is 0.00000196. The number of nitrogens with two attached hydrogens (primary N) is 1. The van der Waals surface area contributed by atoms with Gasteiger partial charge in [-0.25, -0.2) is 4.39 Å². The van der Waals surface area contributed by atoms with Gasteiger partial charge in [0.05, 0.1) is 17.4 Å². The first-order valence-corrected chi connectivity index (χ1v) is 7.88. The molecule has 4 rings (SSSR count). The average molecular weight is 371 g/mol. The molecule has 132 valence electrons. The van der Waals surface area contributed by atoms with Gasteiger partial charge in [0, 0.05) is 29.8 Å². The molecule has 3 heterocycles. The molecule has 0 radical (unpaired) electrons. The van der Waals surface area contributed by atoms with Gasteiger partial charge in [-0.2, -0.15) is 0 Å². The van der Waals surface area contributed by atoms with Gasteiger partial charge in [-0.3, -0.25) is 9.97 Å². The van der Waals surface area contributed by atoms with E-state index in [1.54, 1.807) is 18.5 Å². The minimum atomic E-state index is -0.518. The highest BCUT2D eigenvalue weighted by Gasteiger charge is 2.20. The van der Waals surface area contributed by atoms with Crippen molar-refractivity contribution in [2.45, 2.75) is 12.5 Å². The number of aromatic nitrogens is 3. The van der Waals surface area contributed by atoms with E-state index in [-0.39, 0.29) is 24.6 Å². The molecular weight excluding hydrogens is 355 g/mol. The maximum Gasteiger partial charge on any atom is 0.167 e. The molecule has 4 aromatic rings. The summed E-state index contributed by atoms with van der Waals surface area (Å²) in [6.45, 7) is 0. The Labute approximate surface area is 155 Å². The van der Waals surface area contributed by atoms with Crippen LogP contribution in [0.25, 0.3) is 22.2 Å². The summed E-state index contributed by atoms with van der Waals surface area (Å²) >= 11 is 0. The summed E-state index contributed by atoms with van der Waals surface area (Å²) in [5.41, 5.74) is 9.41. The van der Waals surface area contributed by atoms with Crippen molar-refractivity contribution in [2.75, 3.05) is 0 Å². The van der Waals surface area contributed by atoms with Gasteiger partial charge in [-0.05, 0) is 36.4 Å². The number of hydrogen-bond donors (Lipinski definition) is 1. The van der Waals surface area contributed by atoms with Crippen molar-refractivity contribution < 1.29 is 8.91 Å². The Kier molecular flexibility index (Phi) is 5.25. The molecule has 0 unspecified atom stereocenters. The molecule has 1 aromatic carbocycles. The van der Waals surface area contributed by atoms with E-state index in [2.05, 4.69) is 15.1 Å². The van der Waals surface area contributed by atoms with Crippen LogP contribution in [-0.4, -0.2) is 15.1 Å². The van der Waals surface area contributed by atoms with Crippen LogP contribution in [0.1, 0.15) is 17.4 Å². The maximum atomic E-state index is 13.9. The van der Waals surface area contributed by atoms with E-state index >= 15 is 0 Å². The lowest BCUT2D eigenvalue weighted by molar-refractivity contribution is 0.459. The van der Waals surface area contributed by atoms with Crippen LogP contribution in [-0.2, 0) is 6.42 Å². The third kappa shape index (κ3) is 3.29. The van der Waals surface area contributed by atoms with Crippen molar-refractivity contribution >= 4 is 23.4 Å². The molecule has 26 heavy (non-hydrogen) atoms. The van der Waals surface area contributed by atoms with Crippen molar-refractivity contribution in [2.24, 2.45) is 5.73 Å². The predicted octanol–water partition coefficient (Wildman–Crippen LogP) is 4.09. The number of fused-ring (bicyclic) bond motifs is 1. The van der Waals surface area contributed by atoms with Gasteiger partial charge in [0.2, 0.25) is 0 Å². The minimum absolute atomic E-state index is 0. The molecule has 0 aliphatic heterocycles. The molecular formula is C19H16ClFN4O. The Morgan fingerprint density at radius 3 is 2.62 bits per heavy atom. The van der Waals surface area contributed by atoms with Gasteiger partial charge in [-0.1, -0.05) is 17.3 Å². The molecule has 5 nitrogen and oxygen atoms in total. The fourth-order valence-electron chi connectivity index (χ4n) is 2.87. The summed E-state index contributed by atoms with van der Waals surface area (Å²) in [6.07, 6.45) is 3.46. The zero-order valence-corrected chi connectivity index (χ0v) is 14.5. The first kappa shape index (κ1) is 18.0. The van der Waals surface area contributed by atoms with Gasteiger partial charge in [-0.15, -0.1) is 12.4 Å². The van der Waals surface area contributed by atoms with Crippen molar-refractivity contribution in [3.05, 3.63) is 78.1 Å². The monoisotopic (exact) mass is 370 g/mol. The van der Waals surface area contributed by atoms with Gasteiger partial charge in [0.15, 0.2) is 5.58 Å². The molecule has 0 saturated heterocycles. The number of pyridine rings is 2. The van der Waals surface area contributed by atoms with Crippen LogP contribution < -0.4 is 5.73 Å². The van der Waals surface area contributed by atoms with Crippen molar-refractivity contribution in [3.63, 3.8) is 0 Å². The molecule has 3 aromatic heterocycles. The van der Waals surface area contributed by atoms with Gasteiger partial charge >= 0.3 is 0 Å². The number of para-hydroxylation sites is 1. The van der Waals surface area contributed by atoms with Crippen LogP contribution in [0.3, 0.4) is 0 Å². The Bertz CT molecular complexity index is 1040. The summed E-state index contributed by atoms with van der Waals surface area (Å²) < 4.78 is 19.3. The first-order valence-electron chi connectivity index (χ1n) is 7.88. The summed E-state index contributed by atoms with van der Waals surface area (Å²) in [5, 5.41) is 5.06. The highest BCUT2D eigenvalue weighted by molar-refractivity contribution is 5.92. The molecule has 0 fully saturated rings. The average Bonchev–Trinajstić information content (AvgIpc) is 3.07. The Morgan fingerprint density at radius 1 is 1.00 bits per heavy atom. The number of nitrogens with zero attached hydrogens (tertiary/aromatic N) is 3. The molecule has 0 aliphatic carbocycles. The summed E-state index contributed by atoms with van der Waals surface area (Å²) in [4.78, 5) is 8.48. The minimum Gasteiger partial charge on any atom is -0.356 e. The zero-order valence-electron chi connectivity index (χ0n) is 13.7. The largest absolute Gasteiger partial charge is 0.356 e. The second kappa shape index (κ2) is 7.59. The molecule has 1 atom stereocenters. The Morgan fingerprint density at radius 2 is 1.77 bits per heavy atom. The smallest absolute Gasteiger partial charge is 0.167 e. The predicted molar refractivity (Wildman–Crippen MR) is 99.3 cm³/mol. The van der Waals surface area contributed by atoms with E-state index in [1.807, 2.05) is 36.4 Å². The van der Waals surface area contributed by atoms with E-state index in [4.69, 9.17) is 10.3 Å². The highest BCUT2D eigenvalue weighted by atomic mass is 35.5. The summed E-state index contributed by atoms with van der Waals surface area (Å²) in [6, 6.07) is 13.7. The molecule has 0 bridgehead atoms. The van der Waals surface area contributed by atoms with Gasteiger partial charge in [0.1, 0.15) is 11.5 Å². The van der Waals surface area contributed by atoms with Crippen LogP contribution in [0.4, 0.5) is 4.39 Å². The summed E-state index contributed by atoms with van der Waals surface area (Å²) in [5.74, 6) is -0.373. The lowest BCUT2D eigenvalue weighted by Crippen LogP contribution is -2.17. The number of hydrogen-bond acceptors (Lipinski definition) is 5. The quantitative estimate of drug-likeness (QED) is 0.585. The number of halogens is 2. The molecule has 7 heteroatoms. The number of benzene rings is 1. The molecule has 0 aliphatic rings. The highest BCUT2D eigenvalue weighted by Crippen LogP contribution is 2.32. The zero-order chi connectivity index (χ0) is 17.2. The van der Waals surface area contributed by atoms with E-state index in [1.165, 1.54) is 6.07 Å². The third-order valence-corrected chi connectivity index (χ3v) is 4.07. The molecule has 0 amide bonds. The van der Waals surface area contributed by atoms with Crippen LogP contribution in [0.15, 0.2) is 65.4 Å². The third-order valence-electron chi connectivity index (χ3n) is 4.07. The van der Waals surface area contributed by atoms with Gasteiger partial charge in [0.25, 0.3) is 0 Å². The van der Waals surface area contributed by atoms with E-state index in [0.29, 0.717) is 22.7 Å². The fraction of sp³-hybridized carbons (Fsp3) is 0.105. The van der Waals surface area contributed by atoms with Crippen LogP contribution in [0.5, 0.6) is 0 Å². The topological polar surface area (TPSA) is 77.8 Å². The Hall–Kier alpha value is -2.83. The molecule has 0 spiro atoms. The van der Waals surface area contributed by atoms with Crippen molar-refractivity contribution in [1.29, 1.82) is 0 Å². The van der Waals surface area contributed by atoms with Crippen molar-refractivity contribution in [3.8, 4) is 11.3 Å². The second-order valence-corrected chi connectivity index (χ2v) is 5.71. The second-order valence-electron chi connectivity index (χ2n) is 5.71. The van der Waals surface area contributed by atoms with E-state index in [0.717, 1.165) is 10.9 Å². The molecule has 2 N–H and O–H groups in total. The maximum absolute atomic E-state index is 13.9. The van der Waals surface area contributed by atoms with Crippen LogP contribution >= 0.6 is 12.4 Å². The van der Waals surface area contributed by atoms with Crippen LogP contribution in [0.2, 0.25) is 0 Å². The van der Waals surface area contributed by atoms with Crippen molar-refractivity contribution in [1.82, 2.24) is 15.1 Å². The molecule has 0 saturated carbocycles. The SMILES string of the molecule is Cl.N[C@@H](Cc1ncccc1F)c1ncccc1-c1noc2ccccc12.